The lowest BCUT2D eigenvalue weighted by atomic mass is 10.2. The lowest BCUT2D eigenvalue weighted by Gasteiger charge is -2.22. The third-order valence-corrected chi connectivity index (χ3v) is 5.29. The van der Waals surface area contributed by atoms with Gasteiger partial charge in [0.2, 0.25) is 0 Å². The van der Waals surface area contributed by atoms with E-state index in [4.69, 9.17) is 9.26 Å². The van der Waals surface area contributed by atoms with Crippen LogP contribution in [0.5, 0.6) is 0 Å². The van der Waals surface area contributed by atoms with Gasteiger partial charge in [-0.25, -0.2) is 9.78 Å². The van der Waals surface area contributed by atoms with E-state index in [0.717, 1.165) is 11.5 Å². The highest BCUT2D eigenvalue weighted by atomic mass is 32.2. The van der Waals surface area contributed by atoms with Gasteiger partial charge in [-0.05, 0) is 25.5 Å². The van der Waals surface area contributed by atoms with Crippen LogP contribution in [0.4, 0.5) is 4.79 Å². The fourth-order valence-corrected chi connectivity index (χ4v) is 3.77. The summed E-state index contributed by atoms with van der Waals surface area (Å²) in [5, 5.41) is 4.64. The van der Waals surface area contributed by atoms with E-state index in [0.29, 0.717) is 48.9 Å². The molecule has 0 spiro atoms. The highest BCUT2D eigenvalue weighted by molar-refractivity contribution is 7.98. The first-order valence-electron chi connectivity index (χ1n) is 8.70. The van der Waals surface area contributed by atoms with Gasteiger partial charge in [0.05, 0.1) is 18.4 Å². The van der Waals surface area contributed by atoms with E-state index in [9.17, 15) is 9.59 Å². The molecule has 0 atom stereocenters. The van der Waals surface area contributed by atoms with Crippen LogP contribution in [-0.4, -0.2) is 65.2 Å². The molecule has 0 aromatic carbocycles. The smallest absolute Gasteiger partial charge is 0.409 e. The predicted molar refractivity (Wildman–Crippen MR) is 99.5 cm³/mol. The van der Waals surface area contributed by atoms with Crippen LogP contribution in [0.15, 0.2) is 33.9 Å². The zero-order valence-electron chi connectivity index (χ0n) is 15.4. The number of nitrogens with zero attached hydrogens (tertiary/aromatic N) is 4. The first-order valence-corrected chi connectivity index (χ1v) is 9.69. The largest absolute Gasteiger partial charge is 0.453 e. The van der Waals surface area contributed by atoms with Crippen LogP contribution < -0.4 is 0 Å². The van der Waals surface area contributed by atoms with Gasteiger partial charge >= 0.3 is 6.09 Å². The minimum absolute atomic E-state index is 0.0753. The summed E-state index contributed by atoms with van der Waals surface area (Å²) in [6, 6.07) is 5.42. The van der Waals surface area contributed by atoms with E-state index in [1.165, 1.54) is 18.9 Å². The number of hydrogen-bond acceptors (Lipinski definition) is 7. The number of ether oxygens (including phenoxy) is 1. The second-order valence-electron chi connectivity index (χ2n) is 6.18. The first kappa shape index (κ1) is 19.2. The van der Waals surface area contributed by atoms with Gasteiger partial charge in [0.25, 0.3) is 5.91 Å². The summed E-state index contributed by atoms with van der Waals surface area (Å²) >= 11 is 1.45. The fourth-order valence-electron chi connectivity index (χ4n) is 2.90. The van der Waals surface area contributed by atoms with Crippen LogP contribution in [0.25, 0.3) is 0 Å². The molecule has 1 fully saturated rings. The Hall–Kier alpha value is -2.55. The van der Waals surface area contributed by atoms with Gasteiger partial charge in [-0.2, -0.15) is 0 Å². The Labute approximate surface area is 161 Å². The van der Waals surface area contributed by atoms with E-state index >= 15 is 0 Å². The van der Waals surface area contributed by atoms with E-state index in [2.05, 4.69) is 10.1 Å². The summed E-state index contributed by atoms with van der Waals surface area (Å²) in [5.74, 6) is 1.25. The van der Waals surface area contributed by atoms with Gasteiger partial charge in [-0.3, -0.25) is 4.79 Å². The first-order chi connectivity index (χ1) is 13.1. The highest BCUT2D eigenvalue weighted by Gasteiger charge is 2.25. The Morgan fingerprint density at radius 2 is 2.04 bits per heavy atom. The van der Waals surface area contributed by atoms with E-state index in [-0.39, 0.29) is 12.0 Å². The summed E-state index contributed by atoms with van der Waals surface area (Å²) in [4.78, 5) is 32.5. The third-order valence-electron chi connectivity index (χ3n) is 4.25. The Bertz CT molecular complexity index is 810. The molecular weight excluding hydrogens is 368 g/mol. The molecular formula is C18H22N4O4S. The number of carbonyl (C=O) groups is 2. The molecule has 9 heteroatoms. The molecule has 0 radical (unpaired) electrons. The molecule has 1 aliphatic rings. The van der Waals surface area contributed by atoms with Crippen molar-refractivity contribution in [3.63, 3.8) is 0 Å². The molecule has 0 unspecified atom stereocenters. The monoisotopic (exact) mass is 390 g/mol. The minimum atomic E-state index is -0.357. The topological polar surface area (TPSA) is 88.8 Å². The van der Waals surface area contributed by atoms with Crippen LogP contribution in [-0.2, 0) is 10.5 Å². The molecule has 3 rings (SSSR count). The molecule has 8 nitrogen and oxygen atoms in total. The Morgan fingerprint density at radius 3 is 2.78 bits per heavy atom. The summed E-state index contributed by atoms with van der Waals surface area (Å²) < 4.78 is 9.85. The van der Waals surface area contributed by atoms with E-state index in [1.807, 2.05) is 13.0 Å². The number of hydrogen-bond donors (Lipinski definition) is 0. The van der Waals surface area contributed by atoms with Gasteiger partial charge in [0, 0.05) is 44.2 Å². The van der Waals surface area contributed by atoms with Crippen molar-refractivity contribution >= 4 is 23.8 Å². The number of methoxy groups -OCH3 is 1. The van der Waals surface area contributed by atoms with Gasteiger partial charge in [-0.1, -0.05) is 16.9 Å². The predicted octanol–water partition coefficient (Wildman–Crippen LogP) is 2.58. The lowest BCUT2D eigenvalue weighted by Crippen LogP contribution is -2.37. The normalized spacial score (nSPS) is 14.7. The molecule has 0 N–H and O–H groups in total. The van der Waals surface area contributed by atoms with Crippen LogP contribution in [0.2, 0.25) is 0 Å². The maximum atomic E-state index is 13.0. The van der Waals surface area contributed by atoms with E-state index in [1.54, 1.807) is 28.1 Å². The SMILES string of the molecule is COC(=O)N1CCCN(C(=O)c2cccnc2SCc2cc(C)on2)CC1. The quantitative estimate of drug-likeness (QED) is 0.741. The molecule has 2 aromatic rings. The second-order valence-corrected chi connectivity index (χ2v) is 7.14. The summed E-state index contributed by atoms with van der Waals surface area (Å²) in [7, 11) is 1.37. The fraction of sp³-hybridized carbons (Fsp3) is 0.444. The van der Waals surface area contributed by atoms with Crippen molar-refractivity contribution in [3.05, 3.63) is 41.4 Å². The Balaban J connectivity index is 1.68. The van der Waals surface area contributed by atoms with E-state index < -0.39 is 0 Å². The van der Waals surface area contributed by atoms with Crippen LogP contribution in [0.3, 0.4) is 0 Å². The highest BCUT2D eigenvalue weighted by Crippen LogP contribution is 2.25. The van der Waals surface area contributed by atoms with Crippen LogP contribution in [0, 0.1) is 6.92 Å². The Morgan fingerprint density at radius 1 is 1.26 bits per heavy atom. The molecule has 1 aliphatic heterocycles. The summed E-state index contributed by atoms with van der Waals surface area (Å²) in [5.41, 5.74) is 1.37. The van der Waals surface area contributed by atoms with Gasteiger partial charge in [-0.15, -0.1) is 0 Å². The molecule has 2 aromatic heterocycles. The second kappa shape index (κ2) is 8.90. The number of pyridine rings is 1. The van der Waals surface area contributed by atoms with Crippen LogP contribution >= 0.6 is 11.8 Å². The minimum Gasteiger partial charge on any atom is -0.453 e. The maximum Gasteiger partial charge on any atom is 0.409 e. The standard InChI is InChI=1S/C18H22N4O4S/c1-13-11-14(20-26-13)12-27-16-15(5-3-6-19-16)17(23)21-7-4-8-22(10-9-21)18(24)25-2/h3,5-6,11H,4,7-10,12H2,1-2H3. The summed E-state index contributed by atoms with van der Waals surface area (Å²) in [6.07, 6.45) is 2.03. The number of rotatable bonds is 4. The molecule has 2 amide bonds. The average molecular weight is 390 g/mol. The van der Waals surface area contributed by atoms with Gasteiger partial charge < -0.3 is 19.1 Å². The average Bonchev–Trinajstić information content (AvgIpc) is 2.95. The molecule has 0 saturated carbocycles. The molecule has 0 bridgehead atoms. The van der Waals surface area contributed by atoms with Crippen molar-refractivity contribution in [3.8, 4) is 0 Å². The summed E-state index contributed by atoms with van der Waals surface area (Å²) in [6.45, 7) is 3.94. The molecule has 0 aliphatic carbocycles. The zero-order chi connectivity index (χ0) is 19.2. The van der Waals surface area contributed by atoms with Crippen molar-refractivity contribution in [1.82, 2.24) is 19.9 Å². The lowest BCUT2D eigenvalue weighted by molar-refractivity contribution is 0.0753. The van der Waals surface area contributed by atoms with Crippen molar-refractivity contribution in [2.24, 2.45) is 0 Å². The number of carbonyl (C=O) groups excluding carboxylic acids is 2. The molecule has 1 saturated heterocycles. The third kappa shape index (κ3) is 4.79. The number of aryl methyl sites for hydroxylation is 1. The zero-order valence-corrected chi connectivity index (χ0v) is 16.2. The molecule has 3 heterocycles. The number of amides is 2. The number of aromatic nitrogens is 2. The van der Waals surface area contributed by atoms with Crippen molar-refractivity contribution < 1.29 is 18.8 Å². The maximum absolute atomic E-state index is 13.0. The molecule has 144 valence electrons. The van der Waals surface area contributed by atoms with Crippen molar-refractivity contribution in [2.75, 3.05) is 33.3 Å². The van der Waals surface area contributed by atoms with Gasteiger partial charge in [0.15, 0.2) is 0 Å². The van der Waals surface area contributed by atoms with Crippen LogP contribution in [0.1, 0.15) is 28.2 Å². The molecule has 27 heavy (non-hydrogen) atoms. The Kier molecular flexibility index (Phi) is 6.33. The van der Waals surface area contributed by atoms with Crippen molar-refractivity contribution in [1.29, 1.82) is 0 Å². The number of thioether (sulfide) groups is 1. The van der Waals surface area contributed by atoms with Gasteiger partial charge in [0.1, 0.15) is 10.8 Å². The van der Waals surface area contributed by atoms with Crippen molar-refractivity contribution in [2.45, 2.75) is 24.1 Å².